The van der Waals surface area contributed by atoms with E-state index in [4.69, 9.17) is 9.47 Å². The van der Waals surface area contributed by atoms with Gasteiger partial charge in [-0.15, -0.1) is 0 Å². The number of rotatable bonds is 7. The fraction of sp³-hybridized carbons (Fsp3) is 0.786. The Labute approximate surface area is 104 Å². The third-order valence-electron chi connectivity index (χ3n) is 3.12. The van der Waals surface area contributed by atoms with Gasteiger partial charge >= 0.3 is 5.97 Å². The van der Waals surface area contributed by atoms with Crippen LogP contribution < -0.4 is 0 Å². The molecule has 1 aliphatic rings. The fourth-order valence-corrected chi connectivity index (χ4v) is 2.19. The van der Waals surface area contributed by atoms with Gasteiger partial charge in [-0.25, -0.2) is 4.79 Å². The van der Waals surface area contributed by atoms with Crippen molar-refractivity contribution in [3.8, 4) is 0 Å². The summed E-state index contributed by atoms with van der Waals surface area (Å²) in [6.07, 6.45) is 8.78. The summed E-state index contributed by atoms with van der Waals surface area (Å²) in [5, 5.41) is 0. The van der Waals surface area contributed by atoms with Gasteiger partial charge in [0.25, 0.3) is 0 Å². The summed E-state index contributed by atoms with van der Waals surface area (Å²) >= 11 is 0. The summed E-state index contributed by atoms with van der Waals surface area (Å²) in [4.78, 5) is 11.5. The van der Waals surface area contributed by atoms with Crippen molar-refractivity contribution in [1.29, 1.82) is 0 Å². The van der Waals surface area contributed by atoms with Gasteiger partial charge < -0.3 is 9.47 Å². The Balaban J connectivity index is 2.34. The van der Waals surface area contributed by atoms with E-state index in [9.17, 15) is 4.79 Å². The molecule has 0 fully saturated rings. The first-order chi connectivity index (χ1) is 8.19. The van der Waals surface area contributed by atoms with Crippen molar-refractivity contribution in [2.45, 2.75) is 64.6 Å². The van der Waals surface area contributed by atoms with Gasteiger partial charge in [0.05, 0.1) is 13.2 Å². The van der Waals surface area contributed by atoms with Gasteiger partial charge in [0, 0.05) is 0 Å². The first-order valence-corrected chi connectivity index (χ1v) is 6.63. The molecular weight excluding hydrogens is 216 g/mol. The lowest BCUT2D eigenvalue weighted by atomic mass is 10.0. The van der Waals surface area contributed by atoms with Crippen LogP contribution in [-0.2, 0) is 14.3 Å². The van der Waals surface area contributed by atoms with Crippen molar-refractivity contribution in [3.05, 3.63) is 11.6 Å². The number of hydrogen-bond acceptors (Lipinski definition) is 3. The van der Waals surface area contributed by atoms with Crippen molar-refractivity contribution in [2.75, 3.05) is 7.11 Å². The number of carbonyl (C=O) groups excluding carboxylic acids is 1. The lowest BCUT2D eigenvalue weighted by Gasteiger charge is -2.13. The Morgan fingerprint density at radius 1 is 1.35 bits per heavy atom. The van der Waals surface area contributed by atoms with E-state index in [0.717, 1.165) is 18.4 Å². The Kier molecular flexibility index (Phi) is 6.27. The zero-order chi connectivity index (χ0) is 12.7. The van der Waals surface area contributed by atoms with Gasteiger partial charge in [-0.3, -0.25) is 0 Å². The van der Waals surface area contributed by atoms with Crippen LogP contribution in [0.4, 0.5) is 0 Å². The zero-order valence-corrected chi connectivity index (χ0v) is 11.2. The largest absolute Gasteiger partial charge is 0.467 e. The molecular formula is C14H24O3. The van der Waals surface area contributed by atoms with Crippen LogP contribution in [0.2, 0.25) is 0 Å². The van der Waals surface area contributed by atoms with Crippen LogP contribution in [0.1, 0.15) is 52.4 Å². The molecule has 0 spiro atoms. The molecule has 0 aromatic heterocycles. The molecule has 0 bridgehead atoms. The van der Waals surface area contributed by atoms with E-state index in [1.165, 1.54) is 32.8 Å². The Morgan fingerprint density at radius 3 is 2.71 bits per heavy atom. The molecule has 1 heterocycles. The first-order valence-electron chi connectivity index (χ1n) is 6.63. The summed E-state index contributed by atoms with van der Waals surface area (Å²) in [5.41, 5.74) is 1.10. The highest BCUT2D eigenvalue weighted by atomic mass is 16.6. The Bertz CT molecular complexity index is 271. The molecule has 0 N–H and O–H groups in total. The van der Waals surface area contributed by atoms with Crippen molar-refractivity contribution >= 4 is 5.97 Å². The van der Waals surface area contributed by atoms with Crippen molar-refractivity contribution in [2.24, 2.45) is 0 Å². The highest BCUT2D eigenvalue weighted by Crippen LogP contribution is 2.25. The third-order valence-corrected chi connectivity index (χ3v) is 3.12. The third kappa shape index (κ3) is 4.50. The second-order valence-corrected chi connectivity index (χ2v) is 4.65. The van der Waals surface area contributed by atoms with Crippen molar-refractivity contribution < 1.29 is 14.3 Å². The number of ether oxygens (including phenoxy) is 2. The lowest BCUT2D eigenvalue weighted by molar-refractivity contribution is -0.151. The topological polar surface area (TPSA) is 35.5 Å². The summed E-state index contributed by atoms with van der Waals surface area (Å²) in [6.45, 7) is 4.17. The van der Waals surface area contributed by atoms with Gasteiger partial charge in [0.2, 0.25) is 0 Å². The lowest BCUT2D eigenvalue weighted by Crippen LogP contribution is -2.25. The van der Waals surface area contributed by atoms with Crippen LogP contribution >= 0.6 is 0 Å². The monoisotopic (exact) mass is 240 g/mol. The molecule has 0 aliphatic carbocycles. The van der Waals surface area contributed by atoms with Crippen molar-refractivity contribution in [3.63, 3.8) is 0 Å². The highest BCUT2D eigenvalue weighted by Gasteiger charge is 2.31. The smallest absolute Gasteiger partial charge is 0.339 e. The molecule has 2 atom stereocenters. The van der Waals surface area contributed by atoms with Crippen molar-refractivity contribution in [1.82, 2.24) is 0 Å². The van der Waals surface area contributed by atoms with E-state index in [1.807, 2.05) is 6.92 Å². The number of hydrogen-bond donors (Lipinski definition) is 0. The molecule has 0 aromatic rings. The molecule has 0 unspecified atom stereocenters. The minimum absolute atomic E-state index is 0.0322. The fourth-order valence-electron chi connectivity index (χ4n) is 2.19. The maximum absolute atomic E-state index is 11.5. The van der Waals surface area contributed by atoms with E-state index < -0.39 is 6.10 Å². The van der Waals surface area contributed by atoms with E-state index >= 15 is 0 Å². The average molecular weight is 240 g/mol. The molecule has 98 valence electrons. The van der Waals surface area contributed by atoms with Gasteiger partial charge in [0.15, 0.2) is 6.10 Å². The van der Waals surface area contributed by atoms with Crippen LogP contribution in [0.15, 0.2) is 11.6 Å². The Morgan fingerprint density at radius 2 is 2.06 bits per heavy atom. The average Bonchev–Trinajstić information content (AvgIpc) is 2.69. The minimum atomic E-state index is -0.457. The molecule has 0 radical (unpaired) electrons. The molecule has 0 saturated heterocycles. The summed E-state index contributed by atoms with van der Waals surface area (Å²) < 4.78 is 10.3. The Hall–Kier alpha value is -0.830. The van der Waals surface area contributed by atoms with Crippen LogP contribution in [-0.4, -0.2) is 25.3 Å². The highest BCUT2D eigenvalue weighted by molar-refractivity contribution is 5.78. The number of esters is 1. The predicted molar refractivity (Wildman–Crippen MR) is 67.8 cm³/mol. The van der Waals surface area contributed by atoms with Gasteiger partial charge in [-0.05, 0) is 25.3 Å². The normalized spacial score (nSPS) is 23.6. The van der Waals surface area contributed by atoms with Crippen LogP contribution in [0.3, 0.4) is 0 Å². The predicted octanol–water partition coefficient (Wildman–Crippen LogP) is 3.23. The molecule has 1 rings (SSSR count). The van der Waals surface area contributed by atoms with Crippen LogP contribution in [0.25, 0.3) is 0 Å². The van der Waals surface area contributed by atoms with Gasteiger partial charge in [-0.2, -0.15) is 0 Å². The molecule has 3 heteroatoms. The second-order valence-electron chi connectivity index (χ2n) is 4.65. The molecule has 3 nitrogen and oxygen atoms in total. The molecule has 0 saturated carbocycles. The minimum Gasteiger partial charge on any atom is -0.467 e. The van der Waals surface area contributed by atoms with E-state index in [-0.39, 0.29) is 12.1 Å². The summed E-state index contributed by atoms with van der Waals surface area (Å²) in [6, 6.07) is 0. The van der Waals surface area contributed by atoms with Gasteiger partial charge in [-0.1, -0.05) is 38.7 Å². The first kappa shape index (κ1) is 14.2. The molecule has 1 aliphatic heterocycles. The van der Waals surface area contributed by atoms with Crippen LogP contribution in [0.5, 0.6) is 0 Å². The second kappa shape index (κ2) is 7.49. The quantitative estimate of drug-likeness (QED) is 0.389. The summed E-state index contributed by atoms with van der Waals surface area (Å²) in [7, 11) is 1.41. The molecule has 17 heavy (non-hydrogen) atoms. The number of unbranched alkanes of at least 4 members (excludes halogenated alkanes) is 4. The standard InChI is InChI=1S/C14H24O3/c1-4-5-6-7-8-9-12-10-11(2)17-13(12)14(15)16-3/h10-11,13H,4-9H2,1-3H3/t11-,13-/m1/s1. The van der Waals surface area contributed by atoms with E-state index in [1.54, 1.807) is 0 Å². The summed E-state index contributed by atoms with van der Waals surface area (Å²) in [5.74, 6) is -0.269. The van der Waals surface area contributed by atoms with Gasteiger partial charge in [0.1, 0.15) is 0 Å². The van der Waals surface area contributed by atoms with E-state index in [2.05, 4.69) is 13.0 Å². The number of methoxy groups -OCH3 is 1. The van der Waals surface area contributed by atoms with E-state index in [0.29, 0.717) is 0 Å². The van der Waals surface area contributed by atoms with Crippen LogP contribution in [0, 0.1) is 0 Å². The molecule has 0 aromatic carbocycles. The number of carbonyl (C=O) groups is 1. The molecule has 0 amide bonds. The SMILES string of the molecule is CCCCCCCC1=C[C@@H](C)O[C@H]1C(=O)OC. The zero-order valence-electron chi connectivity index (χ0n) is 11.2. The maximum atomic E-state index is 11.5. The maximum Gasteiger partial charge on any atom is 0.339 e.